The summed E-state index contributed by atoms with van der Waals surface area (Å²) in [4.78, 5) is 12.0. The number of methoxy groups -OCH3 is 1. The maximum atomic E-state index is 12.0. The number of unbranched alkanes of at least 4 members (excludes halogenated alkanes) is 3. The number of benzene rings is 2. The minimum absolute atomic E-state index is 0.122. The Labute approximate surface area is 149 Å². The van der Waals surface area contributed by atoms with Gasteiger partial charge in [-0.3, -0.25) is 4.79 Å². The van der Waals surface area contributed by atoms with Gasteiger partial charge in [0.1, 0.15) is 11.5 Å². The Morgan fingerprint density at radius 3 is 2.40 bits per heavy atom. The first-order chi connectivity index (χ1) is 12.1. The summed E-state index contributed by atoms with van der Waals surface area (Å²) in [6.45, 7) is 0.320. The van der Waals surface area contributed by atoms with Crippen LogP contribution in [0.3, 0.4) is 0 Å². The molecule has 4 heteroatoms. The standard InChI is InChI=1S/C21H26O4/c1-25-15-17-13-14-20(23)18(21(17)24)11-7-2-3-8-12-19(22)16-9-5-4-6-10-16/h4-6,9-10,13-14,23-24H,2-3,7-8,11-12,15H2,1H3. The minimum Gasteiger partial charge on any atom is -0.508 e. The highest BCUT2D eigenvalue weighted by molar-refractivity contribution is 5.95. The van der Waals surface area contributed by atoms with Crippen molar-refractivity contribution in [2.45, 2.75) is 45.1 Å². The van der Waals surface area contributed by atoms with Crippen LogP contribution in [0.2, 0.25) is 0 Å². The molecule has 0 amide bonds. The third-order valence-corrected chi connectivity index (χ3v) is 4.32. The highest BCUT2D eigenvalue weighted by Crippen LogP contribution is 2.32. The van der Waals surface area contributed by atoms with Crippen LogP contribution < -0.4 is 0 Å². The lowest BCUT2D eigenvalue weighted by molar-refractivity contribution is 0.0979. The molecule has 0 aliphatic rings. The number of phenols is 2. The van der Waals surface area contributed by atoms with Crippen molar-refractivity contribution < 1.29 is 19.7 Å². The van der Waals surface area contributed by atoms with Crippen LogP contribution in [-0.4, -0.2) is 23.1 Å². The molecule has 0 spiro atoms. The number of phenolic OH excluding ortho intramolecular Hbond substituents is 2. The quantitative estimate of drug-likeness (QED) is 0.488. The molecule has 2 rings (SSSR count). The zero-order valence-corrected chi connectivity index (χ0v) is 14.7. The van der Waals surface area contributed by atoms with Crippen LogP contribution in [-0.2, 0) is 17.8 Å². The van der Waals surface area contributed by atoms with E-state index in [2.05, 4.69) is 0 Å². The molecule has 2 aromatic carbocycles. The summed E-state index contributed by atoms with van der Waals surface area (Å²) in [6.07, 6.45) is 4.80. The predicted molar refractivity (Wildman–Crippen MR) is 98.0 cm³/mol. The van der Waals surface area contributed by atoms with Crippen molar-refractivity contribution in [1.29, 1.82) is 0 Å². The molecule has 4 nitrogen and oxygen atoms in total. The number of rotatable bonds is 10. The van der Waals surface area contributed by atoms with E-state index in [9.17, 15) is 15.0 Å². The van der Waals surface area contributed by atoms with Crippen molar-refractivity contribution in [3.8, 4) is 11.5 Å². The number of carbonyl (C=O) groups is 1. The van der Waals surface area contributed by atoms with Crippen LogP contribution in [0.1, 0.15) is 53.6 Å². The Morgan fingerprint density at radius 2 is 1.68 bits per heavy atom. The molecule has 0 saturated carbocycles. The van der Waals surface area contributed by atoms with Gasteiger partial charge in [-0.25, -0.2) is 0 Å². The fraction of sp³-hybridized carbons (Fsp3) is 0.381. The first-order valence-electron chi connectivity index (χ1n) is 8.73. The van der Waals surface area contributed by atoms with Crippen molar-refractivity contribution >= 4 is 5.78 Å². The van der Waals surface area contributed by atoms with E-state index in [1.165, 1.54) is 0 Å². The molecule has 2 aromatic rings. The number of aromatic hydroxyl groups is 2. The van der Waals surface area contributed by atoms with Gasteiger partial charge >= 0.3 is 0 Å². The SMILES string of the molecule is COCc1ccc(O)c(CCCCCCC(=O)c2ccccc2)c1O. The van der Waals surface area contributed by atoms with E-state index in [-0.39, 0.29) is 17.3 Å². The van der Waals surface area contributed by atoms with E-state index < -0.39 is 0 Å². The largest absolute Gasteiger partial charge is 0.508 e. The summed E-state index contributed by atoms with van der Waals surface area (Å²) >= 11 is 0. The smallest absolute Gasteiger partial charge is 0.162 e. The van der Waals surface area contributed by atoms with Crippen LogP contribution in [0.5, 0.6) is 11.5 Å². The molecule has 0 fully saturated rings. The summed E-state index contributed by atoms with van der Waals surface area (Å²) in [5, 5.41) is 20.2. The predicted octanol–water partition coefficient (Wildman–Crippen LogP) is 4.62. The van der Waals surface area contributed by atoms with Gasteiger partial charge < -0.3 is 14.9 Å². The number of hydrogen-bond acceptors (Lipinski definition) is 4. The summed E-state index contributed by atoms with van der Waals surface area (Å²) in [5.74, 6) is 0.431. The van der Waals surface area contributed by atoms with Crippen LogP contribution in [0, 0.1) is 0 Å². The number of Topliss-reactive ketones (excluding diaryl/α,β-unsaturated/α-hetero) is 1. The van der Waals surface area contributed by atoms with Crippen molar-refractivity contribution in [2.75, 3.05) is 7.11 Å². The molecule has 0 aliphatic heterocycles. The first kappa shape index (κ1) is 19.0. The number of ketones is 1. The summed E-state index contributed by atoms with van der Waals surface area (Å²) in [6, 6.07) is 12.6. The number of hydrogen-bond donors (Lipinski definition) is 2. The Balaban J connectivity index is 1.73. The van der Waals surface area contributed by atoms with Gasteiger partial charge in [0.2, 0.25) is 0 Å². The van der Waals surface area contributed by atoms with Gasteiger partial charge in [-0.2, -0.15) is 0 Å². The van der Waals surface area contributed by atoms with E-state index in [0.29, 0.717) is 30.6 Å². The number of ether oxygens (including phenoxy) is 1. The third-order valence-electron chi connectivity index (χ3n) is 4.32. The molecule has 0 heterocycles. The summed E-state index contributed by atoms with van der Waals surface area (Å²) in [7, 11) is 1.57. The summed E-state index contributed by atoms with van der Waals surface area (Å²) < 4.78 is 5.05. The average Bonchev–Trinajstić information content (AvgIpc) is 2.63. The van der Waals surface area contributed by atoms with E-state index in [0.717, 1.165) is 31.2 Å². The average molecular weight is 342 g/mol. The maximum Gasteiger partial charge on any atom is 0.162 e. The van der Waals surface area contributed by atoms with Gasteiger partial charge in [0, 0.05) is 30.2 Å². The molecule has 0 radical (unpaired) electrons. The maximum absolute atomic E-state index is 12.0. The van der Waals surface area contributed by atoms with Gasteiger partial charge in [0.05, 0.1) is 6.61 Å². The zero-order valence-electron chi connectivity index (χ0n) is 14.7. The second-order valence-corrected chi connectivity index (χ2v) is 6.21. The Kier molecular flexibility index (Phi) is 7.48. The van der Waals surface area contributed by atoms with Crippen LogP contribution in [0.15, 0.2) is 42.5 Å². The van der Waals surface area contributed by atoms with Gasteiger partial charge in [-0.15, -0.1) is 0 Å². The summed E-state index contributed by atoms with van der Waals surface area (Å²) in [5.41, 5.74) is 2.03. The molecule has 0 aliphatic carbocycles. The lowest BCUT2D eigenvalue weighted by atomic mass is 10.00. The fourth-order valence-corrected chi connectivity index (χ4v) is 2.90. The highest BCUT2D eigenvalue weighted by Gasteiger charge is 2.12. The molecule has 134 valence electrons. The highest BCUT2D eigenvalue weighted by atomic mass is 16.5. The lowest BCUT2D eigenvalue weighted by Crippen LogP contribution is -1.98. The van der Waals surface area contributed by atoms with Gasteiger partial charge in [-0.05, 0) is 31.4 Å². The molecule has 0 saturated heterocycles. The van der Waals surface area contributed by atoms with Gasteiger partial charge in [0.25, 0.3) is 0 Å². The number of carbonyl (C=O) groups excluding carboxylic acids is 1. The molecular weight excluding hydrogens is 316 g/mol. The second kappa shape index (κ2) is 9.84. The minimum atomic E-state index is 0.122. The normalized spacial score (nSPS) is 10.8. The Morgan fingerprint density at radius 1 is 0.960 bits per heavy atom. The second-order valence-electron chi connectivity index (χ2n) is 6.21. The molecule has 0 unspecified atom stereocenters. The molecule has 25 heavy (non-hydrogen) atoms. The Bertz CT molecular complexity index is 680. The van der Waals surface area contributed by atoms with Crippen molar-refractivity contribution in [1.82, 2.24) is 0 Å². The van der Waals surface area contributed by atoms with Crippen molar-refractivity contribution in [2.24, 2.45) is 0 Å². The van der Waals surface area contributed by atoms with Crippen molar-refractivity contribution in [3.63, 3.8) is 0 Å². The van der Waals surface area contributed by atoms with E-state index >= 15 is 0 Å². The Hall–Kier alpha value is -2.33. The van der Waals surface area contributed by atoms with E-state index in [4.69, 9.17) is 4.74 Å². The van der Waals surface area contributed by atoms with Crippen LogP contribution >= 0.6 is 0 Å². The molecule has 0 bridgehead atoms. The monoisotopic (exact) mass is 342 g/mol. The first-order valence-corrected chi connectivity index (χ1v) is 8.73. The topological polar surface area (TPSA) is 66.8 Å². The van der Waals surface area contributed by atoms with Gasteiger partial charge in [0.15, 0.2) is 5.78 Å². The van der Waals surface area contributed by atoms with E-state index in [1.54, 1.807) is 19.2 Å². The lowest BCUT2D eigenvalue weighted by Gasteiger charge is -2.11. The molecule has 0 aromatic heterocycles. The molecule has 2 N–H and O–H groups in total. The van der Waals surface area contributed by atoms with Gasteiger partial charge in [-0.1, -0.05) is 43.2 Å². The molecular formula is C21H26O4. The van der Waals surface area contributed by atoms with Crippen LogP contribution in [0.25, 0.3) is 0 Å². The van der Waals surface area contributed by atoms with E-state index in [1.807, 2.05) is 30.3 Å². The zero-order chi connectivity index (χ0) is 18.1. The third kappa shape index (κ3) is 5.61. The van der Waals surface area contributed by atoms with Crippen molar-refractivity contribution in [3.05, 3.63) is 59.2 Å². The molecule has 0 atom stereocenters. The van der Waals surface area contributed by atoms with Crippen LogP contribution in [0.4, 0.5) is 0 Å². The fourth-order valence-electron chi connectivity index (χ4n) is 2.90.